The largest absolute Gasteiger partial charge is 0.393 e. The van der Waals surface area contributed by atoms with Crippen molar-refractivity contribution < 1.29 is 10.2 Å². The molecule has 0 bridgehead atoms. The molecule has 32 heavy (non-hydrogen) atoms. The lowest BCUT2D eigenvalue weighted by molar-refractivity contribution is -0.0820. The third kappa shape index (κ3) is 4.15. The first-order valence-electron chi connectivity index (χ1n) is 13.9. The zero-order valence-electron chi connectivity index (χ0n) is 22.2. The first-order valence-corrected chi connectivity index (χ1v) is 13.9. The Labute approximate surface area is 198 Å². The predicted octanol–water partition coefficient (Wildman–Crippen LogP) is 7.53. The van der Waals surface area contributed by atoms with Crippen LogP contribution in [0, 0.1) is 45.8 Å². The van der Waals surface area contributed by atoms with Crippen LogP contribution in [0.3, 0.4) is 0 Å². The van der Waals surface area contributed by atoms with E-state index in [1.165, 1.54) is 38.5 Å². The fourth-order valence-corrected chi connectivity index (χ4v) is 9.03. The standard InChI is InChI=1S/C30H52O2/c1-8-30(32)18-17-28(6)21(19-30)9-10-22-24-12-11-23(29(24,7)16-13-25(22)28)20(2)26(31)14-15-27(3,4)5/h9,20,22-26,31-32H,8,10-19H2,1-7H3/t20-,22-,23+,24-,25?,26-,28-,29+,30-/m0/s1. The molecule has 0 saturated heterocycles. The van der Waals surface area contributed by atoms with Crippen LogP contribution >= 0.6 is 0 Å². The van der Waals surface area contributed by atoms with Crippen molar-refractivity contribution in [2.24, 2.45) is 45.8 Å². The highest BCUT2D eigenvalue weighted by Crippen LogP contribution is 2.67. The molecule has 0 aromatic rings. The number of hydrogen-bond acceptors (Lipinski definition) is 2. The Morgan fingerprint density at radius 3 is 2.44 bits per heavy atom. The smallest absolute Gasteiger partial charge is 0.0682 e. The van der Waals surface area contributed by atoms with Crippen molar-refractivity contribution in [2.45, 2.75) is 131 Å². The van der Waals surface area contributed by atoms with Crippen LogP contribution in [0.1, 0.15) is 119 Å². The maximum atomic E-state index is 11.1. The van der Waals surface area contributed by atoms with E-state index in [9.17, 15) is 10.2 Å². The van der Waals surface area contributed by atoms with Crippen LogP contribution in [-0.4, -0.2) is 21.9 Å². The zero-order chi connectivity index (χ0) is 23.5. The average molecular weight is 445 g/mol. The summed E-state index contributed by atoms with van der Waals surface area (Å²) in [5.74, 6) is 3.48. The highest BCUT2D eigenvalue weighted by Gasteiger charge is 2.60. The molecule has 4 aliphatic rings. The monoisotopic (exact) mass is 444 g/mol. The maximum Gasteiger partial charge on any atom is 0.0682 e. The summed E-state index contributed by atoms with van der Waals surface area (Å²) in [5, 5.41) is 22.1. The third-order valence-electron chi connectivity index (χ3n) is 11.4. The van der Waals surface area contributed by atoms with E-state index in [0.717, 1.165) is 49.9 Å². The Morgan fingerprint density at radius 1 is 1.06 bits per heavy atom. The Bertz CT molecular complexity index is 719. The van der Waals surface area contributed by atoms with Gasteiger partial charge in [0.05, 0.1) is 11.7 Å². The van der Waals surface area contributed by atoms with Crippen LogP contribution < -0.4 is 0 Å². The van der Waals surface area contributed by atoms with E-state index >= 15 is 0 Å². The van der Waals surface area contributed by atoms with E-state index in [4.69, 9.17) is 0 Å². The molecule has 0 radical (unpaired) electrons. The molecule has 0 amide bonds. The van der Waals surface area contributed by atoms with E-state index in [1.54, 1.807) is 5.57 Å². The minimum Gasteiger partial charge on any atom is -0.393 e. The predicted molar refractivity (Wildman–Crippen MR) is 134 cm³/mol. The fraction of sp³-hybridized carbons (Fsp3) is 0.933. The summed E-state index contributed by atoms with van der Waals surface area (Å²) in [5.41, 5.74) is 2.12. The molecule has 3 fully saturated rings. The summed E-state index contributed by atoms with van der Waals surface area (Å²) < 4.78 is 0. The lowest BCUT2D eigenvalue weighted by atomic mass is 9.46. The van der Waals surface area contributed by atoms with E-state index in [0.29, 0.717) is 28.1 Å². The molecule has 184 valence electrons. The van der Waals surface area contributed by atoms with Gasteiger partial charge in [-0.15, -0.1) is 0 Å². The molecular formula is C30H52O2. The lowest BCUT2D eigenvalue weighted by Crippen LogP contribution is -2.52. The van der Waals surface area contributed by atoms with Gasteiger partial charge in [0.2, 0.25) is 0 Å². The van der Waals surface area contributed by atoms with Crippen LogP contribution in [0.2, 0.25) is 0 Å². The molecule has 0 aromatic heterocycles. The van der Waals surface area contributed by atoms with E-state index in [-0.39, 0.29) is 6.10 Å². The summed E-state index contributed by atoms with van der Waals surface area (Å²) in [6, 6.07) is 0. The van der Waals surface area contributed by atoms with Gasteiger partial charge in [-0.05, 0) is 116 Å². The molecule has 4 aliphatic carbocycles. The Morgan fingerprint density at radius 2 is 1.78 bits per heavy atom. The molecular weight excluding hydrogens is 392 g/mol. The van der Waals surface area contributed by atoms with Gasteiger partial charge in [-0.25, -0.2) is 0 Å². The van der Waals surface area contributed by atoms with Gasteiger partial charge in [-0.3, -0.25) is 0 Å². The van der Waals surface area contributed by atoms with E-state index < -0.39 is 5.60 Å². The van der Waals surface area contributed by atoms with Gasteiger partial charge in [-0.2, -0.15) is 0 Å². The first-order chi connectivity index (χ1) is 14.8. The Balaban J connectivity index is 1.50. The number of hydrogen-bond donors (Lipinski definition) is 2. The van der Waals surface area contributed by atoms with E-state index in [2.05, 4.69) is 54.5 Å². The van der Waals surface area contributed by atoms with Crippen molar-refractivity contribution in [3.63, 3.8) is 0 Å². The van der Waals surface area contributed by atoms with Crippen molar-refractivity contribution >= 4 is 0 Å². The molecule has 0 spiro atoms. The molecule has 0 heterocycles. The topological polar surface area (TPSA) is 40.5 Å². The lowest BCUT2D eigenvalue weighted by Gasteiger charge is -2.59. The van der Waals surface area contributed by atoms with Crippen molar-refractivity contribution in [1.82, 2.24) is 0 Å². The summed E-state index contributed by atoms with van der Waals surface area (Å²) in [6.07, 6.45) is 15.0. The highest BCUT2D eigenvalue weighted by molar-refractivity contribution is 5.27. The normalized spacial score (nSPS) is 46.0. The summed E-state index contributed by atoms with van der Waals surface area (Å²) in [4.78, 5) is 0. The Kier molecular flexibility index (Phi) is 6.50. The van der Waals surface area contributed by atoms with Gasteiger partial charge in [-0.1, -0.05) is 60.1 Å². The molecule has 1 unspecified atom stereocenters. The average Bonchev–Trinajstić information content (AvgIpc) is 3.08. The van der Waals surface area contributed by atoms with Crippen molar-refractivity contribution in [2.75, 3.05) is 0 Å². The third-order valence-corrected chi connectivity index (χ3v) is 11.4. The van der Waals surface area contributed by atoms with Gasteiger partial charge in [0.25, 0.3) is 0 Å². The molecule has 2 nitrogen and oxygen atoms in total. The Hall–Kier alpha value is -0.340. The second kappa shape index (κ2) is 8.40. The van der Waals surface area contributed by atoms with Crippen molar-refractivity contribution in [1.29, 1.82) is 0 Å². The number of allylic oxidation sites excluding steroid dienone is 1. The van der Waals surface area contributed by atoms with Crippen LogP contribution in [0.4, 0.5) is 0 Å². The number of rotatable bonds is 5. The molecule has 4 rings (SSSR count). The quantitative estimate of drug-likeness (QED) is 0.430. The van der Waals surface area contributed by atoms with Gasteiger partial charge < -0.3 is 10.2 Å². The molecule has 0 aromatic carbocycles. The fourth-order valence-electron chi connectivity index (χ4n) is 9.03. The van der Waals surface area contributed by atoms with Crippen molar-refractivity contribution in [3.05, 3.63) is 11.6 Å². The molecule has 9 atom stereocenters. The molecule has 0 aliphatic heterocycles. The number of aliphatic hydroxyl groups excluding tert-OH is 1. The molecule has 2 heteroatoms. The summed E-state index contributed by atoms with van der Waals surface area (Å²) >= 11 is 0. The summed E-state index contributed by atoms with van der Waals surface area (Å²) in [7, 11) is 0. The maximum absolute atomic E-state index is 11.1. The van der Waals surface area contributed by atoms with Gasteiger partial charge in [0.15, 0.2) is 0 Å². The van der Waals surface area contributed by atoms with Crippen molar-refractivity contribution in [3.8, 4) is 0 Å². The van der Waals surface area contributed by atoms with Crippen LogP contribution in [0.15, 0.2) is 11.6 Å². The first kappa shape index (κ1) is 24.8. The minimum atomic E-state index is -0.460. The number of fused-ring (bicyclic) bond motifs is 5. The second-order valence-corrected chi connectivity index (χ2v) is 14.3. The van der Waals surface area contributed by atoms with E-state index in [1.807, 2.05) is 0 Å². The molecule has 3 saturated carbocycles. The minimum absolute atomic E-state index is 0.159. The summed E-state index contributed by atoms with van der Waals surface area (Å²) in [6.45, 7) is 16.5. The van der Waals surface area contributed by atoms with Gasteiger partial charge in [0.1, 0.15) is 0 Å². The SMILES string of the molecule is CC[C@]1(O)CC[C@@]2(C)C(=CC[C@@H]3C2CC[C@]2(C)[C@@H]([C@H](C)[C@@H](O)CCC(C)(C)C)CC[C@@H]32)C1. The van der Waals surface area contributed by atoms with Crippen LogP contribution in [0.5, 0.6) is 0 Å². The van der Waals surface area contributed by atoms with Gasteiger partial charge >= 0.3 is 0 Å². The van der Waals surface area contributed by atoms with Crippen LogP contribution in [0.25, 0.3) is 0 Å². The highest BCUT2D eigenvalue weighted by atomic mass is 16.3. The molecule has 2 N–H and O–H groups in total. The van der Waals surface area contributed by atoms with Crippen LogP contribution in [-0.2, 0) is 0 Å². The second-order valence-electron chi connectivity index (χ2n) is 14.3. The number of aliphatic hydroxyl groups is 2. The zero-order valence-corrected chi connectivity index (χ0v) is 22.2. The van der Waals surface area contributed by atoms with Gasteiger partial charge in [0, 0.05) is 0 Å².